The smallest absolute Gasteiger partial charge is 0.0709 e. The van der Waals surface area contributed by atoms with Crippen molar-refractivity contribution in [1.82, 2.24) is 0 Å². The molecule has 0 atom stereocenters. The molecule has 0 spiro atoms. The highest BCUT2D eigenvalue weighted by atomic mass is 16.5. The summed E-state index contributed by atoms with van der Waals surface area (Å²) in [5, 5.41) is 9.55. The second-order valence-corrected chi connectivity index (χ2v) is 3.03. The van der Waals surface area contributed by atoms with E-state index in [1.807, 2.05) is 0 Å². The number of nitrogens with two attached hydrogens (primary N) is 1. The highest BCUT2D eigenvalue weighted by Gasteiger charge is 2.41. The quantitative estimate of drug-likeness (QED) is 0.582. The first-order valence-corrected chi connectivity index (χ1v) is 3.65. The Balaban J connectivity index is 2.20. The van der Waals surface area contributed by atoms with Gasteiger partial charge in [0.05, 0.1) is 11.7 Å². The molecule has 1 fully saturated rings. The van der Waals surface area contributed by atoms with E-state index in [0.29, 0.717) is 13.0 Å². The zero-order valence-corrected chi connectivity index (χ0v) is 6.34. The molecule has 60 valence electrons. The first-order valence-electron chi connectivity index (χ1n) is 3.65. The van der Waals surface area contributed by atoms with Crippen molar-refractivity contribution >= 4 is 0 Å². The normalized spacial score (nSPS) is 39.3. The highest BCUT2D eigenvalue weighted by Crippen LogP contribution is 2.36. The van der Waals surface area contributed by atoms with Crippen molar-refractivity contribution in [2.45, 2.75) is 31.0 Å². The summed E-state index contributed by atoms with van der Waals surface area (Å²) in [5.74, 6) is 0. The van der Waals surface area contributed by atoms with E-state index in [2.05, 4.69) is 0 Å². The minimum atomic E-state index is -0.505. The molecule has 1 rings (SSSR count). The van der Waals surface area contributed by atoms with Crippen LogP contribution in [0.25, 0.3) is 0 Å². The molecule has 0 saturated heterocycles. The van der Waals surface area contributed by atoms with E-state index in [9.17, 15) is 5.11 Å². The monoisotopic (exact) mass is 145 g/mol. The largest absolute Gasteiger partial charge is 0.390 e. The van der Waals surface area contributed by atoms with Gasteiger partial charge in [-0.15, -0.1) is 0 Å². The topological polar surface area (TPSA) is 55.5 Å². The SMILES string of the molecule is COC1CC(O)(CCN)C1. The Hall–Kier alpha value is -0.120. The molecule has 0 unspecified atom stereocenters. The summed E-state index contributed by atoms with van der Waals surface area (Å²) in [7, 11) is 1.67. The Bertz CT molecular complexity index is 110. The summed E-state index contributed by atoms with van der Waals surface area (Å²) in [6, 6.07) is 0. The van der Waals surface area contributed by atoms with Crippen LogP contribution in [0.3, 0.4) is 0 Å². The van der Waals surface area contributed by atoms with Crippen LogP contribution in [-0.4, -0.2) is 30.5 Å². The van der Waals surface area contributed by atoms with Crippen molar-refractivity contribution < 1.29 is 9.84 Å². The first-order chi connectivity index (χ1) is 4.70. The third-order valence-electron chi connectivity index (χ3n) is 2.16. The maximum atomic E-state index is 9.55. The fourth-order valence-corrected chi connectivity index (χ4v) is 1.43. The molecule has 0 aromatic heterocycles. The van der Waals surface area contributed by atoms with Crippen LogP contribution in [0.2, 0.25) is 0 Å². The van der Waals surface area contributed by atoms with Gasteiger partial charge in [0.15, 0.2) is 0 Å². The van der Waals surface area contributed by atoms with Gasteiger partial charge < -0.3 is 15.6 Å². The average molecular weight is 145 g/mol. The van der Waals surface area contributed by atoms with E-state index in [4.69, 9.17) is 10.5 Å². The van der Waals surface area contributed by atoms with Gasteiger partial charge in [-0.3, -0.25) is 0 Å². The molecule has 0 aliphatic heterocycles. The van der Waals surface area contributed by atoms with Crippen molar-refractivity contribution in [2.24, 2.45) is 5.73 Å². The van der Waals surface area contributed by atoms with Gasteiger partial charge in [-0.05, 0) is 13.0 Å². The van der Waals surface area contributed by atoms with Crippen molar-refractivity contribution in [3.8, 4) is 0 Å². The van der Waals surface area contributed by atoms with Crippen LogP contribution in [-0.2, 0) is 4.74 Å². The van der Waals surface area contributed by atoms with E-state index < -0.39 is 5.60 Å². The number of aliphatic hydroxyl groups is 1. The number of rotatable bonds is 3. The number of ether oxygens (including phenoxy) is 1. The van der Waals surface area contributed by atoms with Crippen molar-refractivity contribution in [2.75, 3.05) is 13.7 Å². The predicted molar refractivity (Wildman–Crippen MR) is 38.7 cm³/mol. The number of hydrogen-bond acceptors (Lipinski definition) is 3. The lowest BCUT2D eigenvalue weighted by atomic mass is 9.75. The number of methoxy groups -OCH3 is 1. The molecule has 0 aromatic carbocycles. The van der Waals surface area contributed by atoms with Crippen LogP contribution in [0.5, 0.6) is 0 Å². The van der Waals surface area contributed by atoms with Crippen molar-refractivity contribution in [3.05, 3.63) is 0 Å². The molecule has 10 heavy (non-hydrogen) atoms. The maximum Gasteiger partial charge on any atom is 0.0709 e. The first kappa shape index (κ1) is 7.98. The van der Waals surface area contributed by atoms with Gasteiger partial charge in [-0.1, -0.05) is 0 Å². The molecule has 1 aliphatic carbocycles. The zero-order valence-electron chi connectivity index (χ0n) is 6.34. The third-order valence-corrected chi connectivity index (χ3v) is 2.16. The van der Waals surface area contributed by atoms with Gasteiger partial charge in [0.25, 0.3) is 0 Å². The van der Waals surface area contributed by atoms with E-state index in [0.717, 1.165) is 12.8 Å². The highest BCUT2D eigenvalue weighted by molar-refractivity contribution is 4.94. The van der Waals surface area contributed by atoms with Crippen molar-refractivity contribution in [1.29, 1.82) is 0 Å². The zero-order chi connectivity index (χ0) is 7.61. The molecule has 1 saturated carbocycles. The molecule has 0 aromatic rings. The molecule has 1 aliphatic rings. The fraction of sp³-hybridized carbons (Fsp3) is 1.00. The summed E-state index contributed by atoms with van der Waals surface area (Å²) >= 11 is 0. The molecular formula is C7H15NO2. The Morgan fingerprint density at radius 1 is 1.70 bits per heavy atom. The van der Waals surface area contributed by atoms with Crippen molar-refractivity contribution in [3.63, 3.8) is 0 Å². The second-order valence-electron chi connectivity index (χ2n) is 3.03. The van der Waals surface area contributed by atoms with E-state index >= 15 is 0 Å². The second kappa shape index (κ2) is 2.86. The van der Waals surface area contributed by atoms with Crippen LogP contribution >= 0.6 is 0 Å². The van der Waals surface area contributed by atoms with Gasteiger partial charge in [0.2, 0.25) is 0 Å². The molecule has 0 amide bonds. The van der Waals surface area contributed by atoms with Crippen LogP contribution < -0.4 is 5.73 Å². The summed E-state index contributed by atoms with van der Waals surface area (Å²) in [6.07, 6.45) is 2.46. The lowest BCUT2D eigenvalue weighted by molar-refractivity contribution is -0.129. The van der Waals surface area contributed by atoms with E-state index in [-0.39, 0.29) is 6.10 Å². The predicted octanol–water partition coefficient (Wildman–Crippen LogP) is -0.125. The number of hydrogen-bond donors (Lipinski definition) is 2. The van der Waals surface area contributed by atoms with Crippen LogP contribution in [0.1, 0.15) is 19.3 Å². The van der Waals surface area contributed by atoms with Crippen LogP contribution in [0.4, 0.5) is 0 Å². The summed E-state index contributed by atoms with van der Waals surface area (Å²) in [6.45, 7) is 0.562. The van der Waals surface area contributed by atoms with Gasteiger partial charge >= 0.3 is 0 Å². The van der Waals surface area contributed by atoms with Gasteiger partial charge in [-0.2, -0.15) is 0 Å². The fourth-order valence-electron chi connectivity index (χ4n) is 1.43. The molecule has 3 N–H and O–H groups in total. The molecular weight excluding hydrogens is 130 g/mol. The van der Waals surface area contributed by atoms with E-state index in [1.165, 1.54) is 0 Å². The summed E-state index contributed by atoms with van der Waals surface area (Å²) in [4.78, 5) is 0. The minimum Gasteiger partial charge on any atom is -0.390 e. The standard InChI is InChI=1S/C7H15NO2/c1-10-6-4-7(9,5-6)2-3-8/h6,9H,2-5,8H2,1H3. The Morgan fingerprint density at radius 3 is 2.70 bits per heavy atom. The molecule has 0 radical (unpaired) electrons. The molecule has 0 heterocycles. The lowest BCUT2D eigenvalue weighted by Crippen LogP contribution is -2.49. The molecule has 3 nitrogen and oxygen atoms in total. The maximum absolute atomic E-state index is 9.55. The lowest BCUT2D eigenvalue weighted by Gasteiger charge is -2.42. The van der Waals surface area contributed by atoms with E-state index in [1.54, 1.807) is 7.11 Å². The Labute approximate surface area is 61.2 Å². The Morgan fingerprint density at radius 2 is 2.30 bits per heavy atom. The van der Waals surface area contributed by atoms with Crippen LogP contribution in [0, 0.1) is 0 Å². The third kappa shape index (κ3) is 1.48. The van der Waals surface area contributed by atoms with Gasteiger partial charge in [0.1, 0.15) is 0 Å². The van der Waals surface area contributed by atoms with Crippen LogP contribution in [0.15, 0.2) is 0 Å². The summed E-state index contributed by atoms with van der Waals surface area (Å²) in [5.41, 5.74) is 4.81. The summed E-state index contributed by atoms with van der Waals surface area (Å²) < 4.78 is 5.03. The molecule has 3 heteroatoms. The Kier molecular flexibility index (Phi) is 2.28. The van der Waals surface area contributed by atoms with Gasteiger partial charge in [-0.25, -0.2) is 0 Å². The minimum absolute atomic E-state index is 0.261. The van der Waals surface area contributed by atoms with Gasteiger partial charge in [0, 0.05) is 20.0 Å². The average Bonchev–Trinajstić information content (AvgIpc) is 1.83. The molecule has 0 bridgehead atoms.